The Morgan fingerprint density at radius 2 is 0.524 bits per heavy atom. The zero-order valence-corrected chi connectivity index (χ0v) is 33.6. The lowest BCUT2D eigenvalue weighted by molar-refractivity contribution is 0.668. The summed E-state index contributed by atoms with van der Waals surface area (Å²) < 4.78 is 18.6. The fraction of sp³-hybridized carbons (Fsp3) is 0. The van der Waals surface area contributed by atoms with Crippen LogP contribution in [-0.2, 0) is 0 Å². The number of hydrogen-bond acceptors (Lipinski definition) is 6. The lowest BCUT2D eigenvalue weighted by Gasteiger charge is -2.13. The fourth-order valence-electron chi connectivity index (χ4n) is 8.97. The van der Waals surface area contributed by atoms with Gasteiger partial charge in [0, 0.05) is 49.0 Å². The normalized spacial score (nSPS) is 11.8. The van der Waals surface area contributed by atoms with Gasteiger partial charge in [-0.1, -0.05) is 127 Å². The van der Waals surface area contributed by atoms with Crippen LogP contribution < -0.4 is 0 Å². The molecular weight excluding hydrogens is 775 g/mol. The van der Waals surface area contributed by atoms with Crippen molar-refractivity contribution in [2.45, 2.75) is 0 Å². The first-order valence-corrected chi connectivity index (χ1v) is 21.0. The molecule has 4 heterocycles. The molecule has 0 atom stereocenters. The van der Waals surface area contributed by atoms with Crippen molar-refractivity contribution in [3.8, 4) is 67.5 Å². The van der Waals surface area contributed by atoms with Crippen molar-refractivity contribution >= 4 is 65.8 Å². The molecule has 0 amide bonds. The molecule has 0 aliphatic heterocycles. The molecule has 0 spiro atoms. The highest BCUT2D eigenvalue weighted by atomic mass is 16.3. The molecule has 13 rings (SSSR count). The molecule has 0 unspecified atom stereocenters. The smallest absolute Gasteiger partial charge is 0.164 e. The largest absolute Gasteiger partial charge is 0.456 e. The Labute approximate surface area is 360 Å². The Morgan fingerprint density at radius 1 is 0.206 bits per heavy atom. The van der Waals surface area contributed by atoms with Gasteiger partial charge in [-0.25, -0.2) is 15.0 Å². The third-order valence-electron chi connectivity index (χ3n) is 12.1. The lowest BCUT2D eigenvalue weighted by Crippen LogP contribution is -2.00. The standard InChI is InChI=1S/C57H33N3O3/c1-2-10-35(11-3-1)55-58-56(36-20-18-34(19-21-36)37-22-25-52-46(31-37)43-12-4-7-15-49(43)61-52)60-57(59-55)42-29-40(38-23-26-53-47(32-38)44-13-5-8-16-50(44)62-53)28-41(30-42)39-24-27-54-48(33-39)45-14-6-9-17-51(45)63-54/h1-33H. The van der Waals surface area contributed by atoms with Gasteiger partial charge in [-0.2, -0.15) is 0 Å². The van der Waals surface area contributed by atoms with E-state index < -0.39 is 0 Å². The average molecular weight is 808 g/mol. The summed E-state index contributed by atoms with van der Waals surface area (Å²) in [5.74, 6) is 1.76. The number of nitrogens with zero attached hydrogens (tertiary/aromatic N) is 3. The minimum absolute atomic E-state index is 0.577. The van der Waals surface area contributed by atoms with Crippen LogP contribution in [-0.4, -0.2) is 15.0 Å². The van der Waals surface area contributed by atoms with E-state index in [0.29, 0.717) is 17.5 Å². The Hall–Kier alpha value is -8.61. The minimum atomic E-state index is 0.577. The molecule has 0 bridgehead atoms. The van der Waals surface area contributed by atoms with Crippen LogP contribution in [0.4, 0.5) is 0 Å². The van der Waals surface area contributed by atoms with E-state index >= 15 is 0 Å². The molecule has 0 aliphatic rings. The quantitative estimate of drug-likeness (QED) is 0.166. The van der Waals surface area contributed by atoms with Crippen LogP contribution in [0.5, 0.6) is 0 Å². The van der Waals surface area contributed by atoms with Gasteiger partial charge in [0.15, 0.2) is 17.5 Å². The van der Waals surface area contributed by atoms with Crippen LogP contribution in [0, 0.1) is 0 Å². The lowest BCUT2D eigenvalue weighted by atomic mass is 9.94. The topological polar surface area (TPSA) is 78.1 Å². The summed E-state index contributed by atoms with van der Waals surface area (Å²) in [7, 11) is 0. The van der Waals surface area contributed by atoms with Crippen molar-refractivity contribution in [3.63, 3.8) is 0 Å². The Morgan fingerprint density at radius 3 is 0.984 bits per heavy atom. The summed E-state index contributed by atoms with van der Waals surface area (Å²) in [5.41, 5.74) is 14.2. The second kappa shape index (κ2) is 14.0. The summed E-state index contributed by atoms with van der Waals surface area (Å²) >= 11 is 0. The van der Waals surface area contributed by atoms with E-state index in [-0.39, 0.29) is 0 Å². The van der Waals surface area contributed by atoms with Crippen LogP contribution >= 0.6 is 0 Å². The molecule has 63 heavy (non-hydrogen) atoms. The average Bonchev–Trinajstić information content (AvgIpc) is 4.04. The van der Waals surface area contributed by atoms with E-state index in [4.69, 9.17) is 28.2 Å². The van der Waals surface area contributed by atoms with Crippen molar-refractivity contribution < 1.29 is 13.3 Å². The molecule has 6 nitrogen and oxygen atoms in total. The fourth-order valence-corrected chi connectivity index (χ4v) is 8.97. The zero-order chi connectivity index (χ0) is 41.4. The summed E-state index contributed by atoms with van der Waals surface area (Å²) in [6, 6.07) is 68.9. The number of fused-ring (bicyclic) bond motifs is 9. The van der Waals surface area contributed by atoms with Crippen LogP contribution in [0.15, 0.2) is 213 Å². The highest BCUT2D eigenvalue weighted by molar-refractivity contribution is 6.08. The van der Waals surface area contributed by atoms with E-state index in [9.17, 15) is 0 Å². The van der Waals surface area contributed by atoms with Gasteiger partial charge in [-0.3, -0.25) is 0 Å². The summed E-state index contributed by atoms with van der Waals surface area (Å²) in [4.78, 5) is 15.5. The van der Waals surface area contributed by atoms with E-state index in [2.05, 4.69) is 127 Å². The first-order valence-electron chi connectivity index (χ1n) is 21.0. The number of furan rings is 3. The van der Waals surface area contributed by atoms with E-state index in [0.717, 1.165) is 116 Å². The van der Waals surface area contributed by atoms with Crippen LogP contribution in [0.3, 0.4) is 0 Å². The molecule has 0 fully saturated rings. The number of hydrogen-bond donors (Lipinski definition) is 0. The predicted molar refractivity (Wildman–Crippen MR) is 254 cm³/mol. The maximum Gasteiger partial charge on any atom is 0.164 e. The van der Waals surface area contributed by atoms with Gasteiger partial charge < -0.3 is 13.3 Å². The second-order valence-corrected chi connectivity index (χ2v) is 16.0. The number of rotatable bonds is 6. The number of para-hydroxylation sites is 3. The summed E-state index contributed by atoms with van der Waals surface area (Å²) in [5, 5.41) is 6.50. The summed E-state index contributed by atoms with van der Waals surface area (Å²) in [6.07, 6.45) is 0. The predicted octanol–water partition coefficient (Wildman–Crippen LogP) is 15.6. The van der Waals surface area contributed by atoms with Crippen molar-refractivity contribution in [1.29, 1.82) is 0 Å². The highest BCUT2D eigenvalue weighted by Crippen LogP contribution is 2.39. The summed E-state index contributed by atoms with van der Waals surface area (Å²) in [6.45, 7) is 0. The Bertz CT molecular complexity index is 3780. The highest BCUT2D eigenvalue weighted by Gasteiger charge is 2.18. The molecule has 0 saturated carbocycles. The zero-order valence-electron chi connectivity index (χ0n) is 33.6. The maximum absolute atomic E-state index is 6.23. The molecule has 13 aromatic rings. The van der Waals surface area contributed by atoms with Gasteiger partial charge in [0.1, 0.15) is 33.5 Å². The minimum Gasteiger partial charge on any atom is -0.456 e. The molecule has 6 heteroatoms. The molecule has 9 aromatic carbocycles. The Kier molecular flexibility index (Phi) is 7.80. The molecule has 4 aromatic heterocycles. The molecule has 294 valence electrons. The Balaban J connectivity index is 0.974. The van der Waals surface area contributed by atoms with E-state index in [1.54, 1.807) is 0 Å². The van der Waals surface area contributed by atoms with Gasteiger partial charge in [0.2, 0.25) is 0 Å². The first kappa shape index (κ1) is 35.2. The van der Waals surface area contributed by atoms with Gasteiger partial charge in [-0.15, -0.1) is 0 Å². The van der Waals surface area contributed by atoms with Gasteiger partial charge >= 0.3 is 0 Å². The van der Waals surface area contributed by atoms with E-state index in [1.807, 2.05) is 72.8 Å². The molecule has 0 aliphatic carbocycles. The maximum atomic E-state index is 6.23. The van der Waals surface area contributed by atoms with E-state index in [1.165, 1.54) is 0 Å². The molecule has 0 saturated heterocycles. The molecular formula is C57H33N3O3. The van der Waals surface area contributed by atoms with Gasteiger partial charge in [0.25, 0.3) is 0 Å². The molecule has 0 radical (unpaired) electrons. The van der Waals surface area contributed by atoms with Crippen LogP contribution in [0.25, 0.3) is 133 Å². The third kappa shape index (κ3) is 5.99. The van der Waals surface area contributed by atoms with Crippen molar-refractivity contribution in [3.05, 3.63) is 200 Å². The van der Waals surface area contributed by atoms with Crippen LogP contribution in [0.2, 0.25) is 0 Å². The van der Waals surface area contributed by atoms with Crippen molar-refractivity contribution in [1.82, 2.24) is 15.0 Å². The van der Waals surface area contributed by atoms with Gasteiger partial charge in [-0.05, 0) is 106 Å². The van der Waals surface area contributed by atoms with Crippen LogP contribution in [0.1, 0.15) is 0 Å². The van der Waals surface area contributed by atoms with Crippen molar-refractivity contribution in [2.24, 2.45) is 0 Å². The third-order valence-corrected chi connectivity index (χ3v) is 12.1. The second-order valence-electron chi connectivity index (χ2n) is 16.0. The molecule has 0 N–H and O–H groups in total. The van der Waals surface area contributed by atoms with Crippen molar-refractivity contribution in [2.75, 3.05) is 0 Å². The first-order chi connectivity index (χ1) is 31.1. The van der Waals surface area contributed by atoms with Gasteiger partial charge in [0.05, 0.1) is 0 Å². The SMILES string of the molecule is c1ccc(-c2nc(-c3ccc(-c4ccc5oc6ccccc6c5c4)cc3)nc(-c3cc(-c4ccc5oc6ccccc6c5c4)cc(-c4ccc5oc6ccccc6c5c4)c3)n2)cc1. The monoisotopic (exact) mass is 807 g/mol. The number of aromatic nitrogens is 3. The number of benzene rings is 9.